The molecule has 0 spiro atoms. The molecule has 0 fully saturated rings. The number of amides is 2. The smallest absolute Gasteiger partial charge is 0.279 e. The predicted octanol–water partition coefficient (Wildman–Crippen LogP) is 3.88. The van der Waals surface area contributed by atoms with Crippen molar-refractivity contribution in [3.63, 3.8) is 0 Å². The number of hydrogen-bond acceptors (Lipinski definition) is 6. The van der Waals surface area contributed by atoms with Gasteiger partial charge in [-0.1, -0.05) is 48.5 Å². The summed E-state index contributed by atoms with van der Waals surface area (Å²) in [5, 5.41) is 9.65. The van der Waals surface area contributed by atoms with Crippen molar-refractivity contribution in [3.8, 4) is 17.0 Å². The number of fused-ring (bicyclic) bond motifs is 2. The van der Waals surface area contributed by atoms with Crippen LogP contribution in [0.4, 0.5) is 11.4 Å². The third kappa shape index (κ3) is 3.89. The minimum Gasteiger partial charge on any atom is -0.482 e. The number of thiazole rings is 1. The molecular formula is C27H21N5O3S. The molecule has 9 heteroatoms. The van der Waals surface area contributed by atoms with Crippen LogP contribution in [0, 0.1) is 0 Å². The van der Waals surface area contributed by atoms with Crippen molar-refractivity contribution in [1.82, 2.24) is 4.68 Å². The zero-order chi connectivity index (χ0) is 24.6. The lowest BCUT2D eigenvalue weighted by atomic mass is 10.1. The number of rotatable bonds is 4. The zero-order valence-electron chi connectivity index (χ0n) is 19.3. The van der Waals surface area contributed by atoms with Crippen LogP contribution in [0.25, 0.3) is 11.3 Å². The summed E-state index contributed by atoms with van der Waals surface area (Å²) in [4.78, 5) is 32.1. The van der Waals surface area contributed by atoms with Crippen LogP contribution in [-0.4, -0.2) is 35.9 Å². The number of hydrogen-bond donors (Lipinski definition) is 1. The van der Waals surface area contributed by atoms with Crippen molar-refractivity contribution in [2.75, 3.05) is 23.9 Å². The Balaban J connectivity index is 1.51. The Kier molecular flexibility index (Phi) is 5.46. The van der Waals surface area contributed by atoms with Crippen LogP contribution in [-0.2, 0) is 16.1 Å². The number of carbonyl (C=O) groups is 2. The summed E-state index contributed by atoms with van der Waals surface area (Å²) in [5.74, 6) is 0.232. The average Bonchev–Trinajstić information content (AvgIpc) is 3.42. The number of nitrogens with one attached hydrogen (secondary N) is 1. The Morgan fingerprint density at radius 3 is 2.69 bits per heavy atom. The standard InChI is InChI=1S/C27H21N5O3S/c1-31-21-10-6-5-9-19(21)25(26(31)34)30-32-22(16-36-27(32)28-14-17-7-3-2-4-8-17)18-11-12-23-20(13-18)29-24(33)15-35-23/h2-13,16H,14-15H2,1H3,(H,29,33). The highest BCUT2D eigenvalue weighted by Crippen LogP contribution is 2.33. The van der Waals surface area contributed by atoms with E-state index in [0.717, 1.165) is 28.1 Å². The van der Waals surface area contributed by atoms with E-state index in [4.69, 9.17) is 14.8 Å². The second-order valence-corrected chi connectivity index (χ2v) is 9.23. The molecule has 2 aliphatic rings. The molecule has 0 atom stereocenters. The lowest BCUT2D eigenvalue weighted by Gasteiger charge is -2.18. The van der Waals surface area contributed by atoms with E-state index in [0.29, 0.717) is 28.5 Å². The lowest BCUT2D eigenvalue weighted by Crippen LogP contribution is -2.27. The fourth-order valence-corrected chi connectivity index (χ4v) is 5.06. The topological polar surface area (TPSA) is 88.3 Å². The van der Waals surface area contributed by atoms with E-state index in [1.165, 1.54) is 11.3 Å². The number of aromatic nitrogens is 1. The first kappa shape index (κ1) is 22.0. The van der Waals surface area contributed by atoms with Crippen molar-refractivity contribution >= 4 is 40.2 Å². The molecule has 4 aromatic rings. The molecule has 6 rings (SSSR count). The van der Waals surface area contributed by atoms with Crippen molar-refractivity contribution in [2.24, 2.45) is 10.1 Å². The highest BCUT2D eigenvalue weighted by atomic mass is 32.1. The summed E-state index contributed by atoms with van der Waals surface area (Å²) in [6, 6.07) is 23.1. The summed E-state index contributed by atoms with van der Waals surface area (Å²) in [6.45, 7) is 0.472. The fraction of sp³-hybridized carbons (Fsp3) is 0.111. The zero-order valence-corrected chi connectivity index (χ0v) is 20.2. The quantitative estimate of drug-likeness (QED) is 0.466. The van der Waals surface area contributed by atoms with E-state index in [9.17, 15) is 9.59 Å². The number of likely N-dealkylation sites (N-methyl/N-ethyl adjacent to an activating group) is 1. The Bertz CT molecular complexity index is 1600. The van der Waals surface area contributed by atoms with Crippen molar-refractivity contribution in [3.05, 3.63) is 94.1 Å². The van der Waals surface area contributed by atoms with Crippen LogP contribution >= 0.6 is 11.3 Å². The van der Waals surface area contributed by atoms with E-state index in [-0.39, 0.29) is 18.4 Å². The first-order valence-corrected chi connectivity index (χ1v) is 12.2. The molecule has 0 radical (unpaired) electrons. The van der Waals surface area contributed by atoms with Gasteiger partial charge in [0.1, 0.15) is 5.75 Å². The van der Waals surface area contributed by atoms with Gasteiger partial charge in [0.15, 0.2) is 12.3 Å². The lowest BCUT2D eigenvalue weighted by molar-refractivity contribution is -0.118. The Hall–Kier alpha value is -4.50. The first-order valence-electron chi connectivity index (χ1n) is 11.4. The molecule has 1 N–H and O–H groups in total. The van der Waals surface area contributed by atoms with Gasteiger partial charge in [-0.15, -0.1) is 11.3 Å². The Morgan fingerprint density at radius 2 is 1.83 bits per heavy atom. The number of anilines is 2. The van der Waals surface area contributed by atoms with Crippen LogP contribution in [0.15, 0.2) is 88.3 Å². The van der Waals surface area contributed by atoms with Gasteiger partial charge < -0.3 is 15.0 Å². The molecule has 0 saturated heterocycles. The van der Waals surface area contributed by atoms with E-state index in [1.54, 1.807) is 16.6 Å². The molecule has 0 bridgehead atoms. The highest BCUT2D eigenvalue weighted by Gasteiger charge is 2.31. The monoisotopic (exact) mass is 495 g/mol. The molecule has 178 valence electrons. The second kappa shape index (κ2) is 8.94. The van der Waals surface area contributed by atoms with E-state index >= 15 is 0 Å². The fourth-order valence-electron chi connectivity index (χ4n) is 4.23. The van der Waals surface area contributed by atoms with Gasteiger partial charge >= 0.3 is 0 Å². The predicted molar refractivity (Wildman–Crippen MR) is 139 cm³/mol. The minimum absolute atomic E-state index is 0.00396. The summed E-state index contributed by atoms with van der Waals surface area (Å²) in [5.41, 5.74) is 5.17. The largest absolute Gasteiger partial charge is 0.482 e. The van der Waals surface area contributed by atoms with Gasteiger partial charge in [0.05, 0.1) is 23.6 Å². The third-order valence-electron chi connectivity index (χ3n) is 6.06. The van der Waals surface area contributed by atoms with E-state index < -0.39 is 0 Å². The number of para-hydroxylation sites is 1. The minimum atomic E-state index is -0.201. The molecule has 0 unspecified atom stereocenters. The summed E-state index contributed by atoms with van der Waals surface area (Å²) in [7, 11) is 1.75. The number of carbonyl (C=O) groups excluding carboxylic acids is 2. The highest BCUT2D eigenvalue weighted by molar-refractivity contribution is 7.07. The molecule has 0 aliphatic carbocycles. The van der Waals surface area contributed by atoms with Gasteiger partial charge in [-0.25, -0.2) is 4.68 Å². The van der Waals surface area contributed by atoms with Crippen molar-refractivity contribution < 1.29 is 14.3 Å². The SMILES string of the molecule is CN1C(=O)C(=Nn2c(-c3ccc4c(c3)NC(=O)CO4)csc2=NCc2ccccc2)c2ccccc21. The van der Waals surface area contributed by atoms with Crippen LogP contribution < -0.4 is 19.8 Å². The van der Waals surface area contributed by atoms with Gasteiger partial charge in [0, 0.05) is 23.6 Å². The van der Waals surface area contributed by atoms with Gasteiger partial charge in [0.2, 0.25) is 4.80 Å². The van der Waals surface area contributed by atoms with Gasteiger partial charge in [0.25, 0.3) is 11.8 Å². The third-order valence-corrected chi connectivity index (χ3v) is 6.91. The van der Waals surface area contributed by atoms with Crippen molar-refractivity contribution in [2.45, 2.75) is 6.54 Å². The van der Waals surface area contributed by atoms with E-state index in [2.05, 4.69) is 5.32 Å². The molecule has 0 saturated carbocycles. The maximum absolute atomic E-state index is 13.1. The summed E-state index contributed by atoms with van der Waals surface area (Å²) < 4.78 is 7.22. The summed E-state index contributed by atoms with van der Waals surface area (Å²) >= 11 is 1.44. The average molecular weight is 496 g/mol. The summed E-state index contributed by atoms with van der Waals surface area (Å²) in [6.07, 6.45) is 0. The molecule has 3 heterocycles. The molecular weight excluding hydrogens is 474 g/mol. The molecule has 1 aromatic heterocycles. The Labute approximate surface area is 210 Å². The normalized spacial score (nSPS) is 16.1. The van der Waals surface area contributed by atoms with Crippen molar-refractivity contribution in [1.29, 1.82) is 0 Å². The molecule has 2 amide bonds. The van der Waals surface area contributed by atoms with Gasteiger partial charge in [-0.3, -0.25) is 14.6 Å². The Morgan fingerprint density at radius 1 is 1.03 bits per heavy atom. The van der Waals surface area contributed by atoms with Gasteiger partial charge in [-0.2, -0.15) is 5.10 Å². The van der Waals surface area contributed by atoms with Crippen LogP contribution in [0.2, 0.25) is 0 Å². The maximum atomic E-state index is 13.1. The van der Waals surface area contributed by atoms with Crippen LogP contribution in [0.3, 0.4) is 0 Å². The van der Waals surface area contributed by atoms with Gasteiger partial charge in [-0.05, 0) is 29.8 Å². The second-order valence-electron chi connectivity index (χ2n) is 8.39. The molecule has 3 aromatic carbocycles. The van der Waals surface area contributed by atoms with Crippen LogP contribution in [0.5, 0.6) is 5.75 Å². The molecule has 8 nitrogen and oxygen atoms in total. The first-order chi connectivity index (χ1) is 17.6. The number of benzene rings is 3. The number of nitrogens with zero attached hydrogens (tertiary/aromatic N) is 4. The van der Waals surface area contributed by atoms with Crippen LogP contribution in [0.1, 0.15) is 11.1 Å². The molecule has 36 heavy (non-hydrogen) atoms. The molecule has 2 aliphatic heterocycles. The maximum Gasteiger partial charge on any atom is 0.279 e. The van der Waals surface area contributed by atoms with E-state index in [1.807, 2.05) is 78.2 Å². The number of ether oxygens (including phenoxy) is 1.